The number of carboxylic acids is 1. The molecule has 1 fully saturated rings. The minimum absolute atomic E-state index is 0.0380. The third kappa shape index (κ3) is 7.49. The molecule has 0 radical (unpaired) electrons. The second-order valence-corrected chi connectivity index (χ2v) is 13.2. The Bertz CT molecular complexity index is 1630. The Hall–Kier alpha value is -3.90. The number of fused-ring (bicyclic) bond motifs is 1. The van der Waals surface area contributed by atoms with Gasteiger partial charge in [-0.15, -0.1) is 0 Å². The maximum Gasteiger partial charge on any atom is 0.462 e. The summed E-state index contributed by atoms with van der Waals surface area (Å²) in [5, 5.41) is 49.6. The standard InChI is InChI=1S/C31H41N6O9P/c1-5-11-26(38)35-29-23-14-15-25(37(23)34-19-33-29)31(18-32)28(40)27(39)24(45-31)17-44-47(43,46-22-12-9-8-10-13-22)36(20(4)30(41)42)16-21(6-2)7-3/h8-10,12-15,19-21,24,27-28,39-40H,5-7,11,16-17H2,1-4H3,(H,41,42)(H,33,34,35,38)/t20-,24+,27+,28+,31-,47?/m0/s1. The van der Waals surface area contributed by atoms with E-state index in [1.807, 2.05) is 26.8 Å². The molecule has 47 heavy (non-hydrogen) atoms. The van der Waals surface area contributed by atoms with E-state index in [9.17, 15) is 34.7 Å². The first-order chi connectivity index (χ1) is 22.4. The summed E-state index contributed by atoms with van der Waals surface area (Å²) in [4.78, 5) is 28.6. The number of nitrogens with one attached hydrogen (secondary N) is 1. The van der Waals surface area contributed by atoms with Crippen molar-refractivity contribution in [2.75, 3.05) is 18.5 Å². The molecule has 1 aromatic carbocycles. The number of aromatic nitrogens is 3. The molecule has 0 aliphatic carbocycles. The number of carbonyl (C=O) groups is 2. The monoisotopic (exact) mass is 672 g/mol. The molecule has 6 atom stereocenters. The zero-order valence-corrected chi connectivity index (χ0v) is 27.6. The number of aliphatic hydroxyl groups is 2. The van der Waals surface area contributed by atoms with Gasteiger partial charge in [-0.2, -0.15) is 15.0 Å². The quantitative estimate of drug-likeness (QED) is 0.160. The number of ether oxygens (including phenoxy) is 1. The lowest BCUT2D eigenvalue weighted by molar-refractivity contribution is -0.141. The van der Waals surface area contributed by atoms with Crippen LogP contribution in [0.1, 0.15) is 59.1 Å². The predicted molar refractivity (Wildman–Crippen MR) is 169 cm³/mol. The lowest BCUT2D eigenvalue weighted by Gasteiger charge is -2.35. The molecule has 4 N–H and O–H groups in total. The molecule has 1 unspecified atom stereocenters. The summed E-state index contributed by atoms with van der Waals surface area (Å²) in [6.07, 6.45) is -1.55. The van der Waals surface area contributed by atoms with Gasteiger partial charge in [0.05, 0.1) is 12.3 Å². The van der Waals surface area contributed by atoms with Crippen molar-refractivity contribution >= 4 is 31.0 Å². The fourth-order valence-electron chi connectivity index (χ4n) is 5.39. The van der Waals surface area contributed by atoms with Crippen molar-refractivity contribution in [2.24, 2.45) is 5.92 Å². The van der Waals surface area contributed by atoms with Crippen LogP contribution < -0.4 is 9.84 Å². The van der Waals surface area contributed by atoms with Crippen LogP contribution in [0.3, 0.4) is 0 Å². The zero-order valence-electron chi connectivity index (χ0n) is 26.7. The second-order valence-electron chi connectivity index (χ2n) is 11.3. The maximum absolute atomic E-state index is 14.6. The van der Waals surface area contributed by atoms with E-state index in [0.717, 1.165) is 6.33 Å². The van der Waals surface area contributed by atoms with Gasteiger partial charge in [-0.25, -0.2) is 14.1 Å². The van der Waals surface area contributed by atoms with Gasteiger partial charge in [-0.1, -0.05) is 51.8 Å². The highest BCUT2D eigenvalue weighted by Crippen LogP contribution is 2.54. The molecule has 0 saturated carbocycles. The summed E-state index contributed by atoms with van der Waals surface area (Å²) in [5.74, 6) is -1.23. The summed E-state index contributed by atoms with van der Waals surface area (Å²) in [6, 6.07) is 11.8. The SMILES string of the molecule is CCCC(=O)Nc1ncnn2c([C@]3(C#N)O[C@H](COP(=O)(Oc4ccccc4)N(CC(CC)CC)[C@@H](C)C(=O)O)[C@@H](O)[C@H]3O)ccc12. The molecule has 1 amide bonds. The summed E-state index contributed by atoms with van der Waals surface area (Å²) < 4.78 is 34.9. The van der Waals surface area contributed by atoms with Crippen LogP contribution in [0.4, 0.5) is 5.82 Å². The zero-order chi connectivity index (χ0) is 34.4. The van der Waals surface area contributed by atoms with Gasteiger partial charge < -0.3 is 29.9 Å². The lowest BCUT2D eigenvalue weighted by Crippen LogP contribution is -2.42. The van der Waals surface area contributed by atoms with E-state index in [1.54, 1.807) is 30.3 Å². The highest BCUT2D eigenvalue weighted by Gasteiger charge is 2.58. The van der Waals surface area contributed by atoms with E-state index in [1.165, 1.54) is 28.2 Å². The predicted octanol–water partition coefficient (Wildman–Crippen LogP) is 3.72. The van der Waals surface area contributed by atoms with E-state index in [-0.39, 0.29) is 42.1 Å². The molecule has 4 rings (SSSR count). The van der Waals surface area contributed by atoms with E-state index in [2.05, 4.69) is 15.4 Å². The number of rotatable bonds is 16. The topological polar surface area (TPSA) is 209 Å². The second kappa shape index (κ2) is 15.3. The molecular weight excluding hydrogens is 631 g/mol. The van der Waals surface area contributed by atoms with Gasteiger partial charge >= 0.3 is 13.7 Å². The fraction of sp³-hybridized carbons (Fsp3) is 0.516. The number of amides is 1. The smallest absolute Gasteiger partial charge is 0.462 e. The third-order valence-corrected chi connectivity index (χ3v) is 10.3. The van der Waals surface area contributed by atoms with Gasteiger partial charge in [-0.3, -0.25) is 14.1 Å². The van der Waals surface area contributed by atoms with E-state index >= 15 is 0 Å². The lowest BCUT2D eigenvalue weighted by atomic mass is 9.92. The summed E-state index contributed by atoms with van der Waals surface area (Å²) in [5.41, 5.74) is -1.82. The van der Waals surface area contributed by atoms with Crippen LogP contribution in [-0.2, 0) is 29.0 Å². The minimum Gasteiger partial charge on any atom is -0.480 e. The highest BCUT2D eigenvalue weighted by atomic mass is 31.2. The number of nitrogens with zero attached hydrogens (tertiary/aromatic N) is 5. The van der Waals surface area contributed by atoms with Crippen LogP contribution in [-0.4, -0.2) is 84.0 Å². The Kier molecular flexibility index (Phi) is 11.7. The normalized spacial score (nSPS) is 23.0. The first kappa shape index (κ1) is 35.9. The number of benzene rings is 1. The molecule has 2 aromatic heterocycles. The first-order valence-electron chi connectivity index (χ1n) is 15.5. The Balaban J connectivity index is 1.67. The number of carboxylic acid groups (broad SMARTS) is 1. The third-order valence-electron chi connectivity index (χ3n) is 8.28. The molecule has 0 bridgehead atoms. The average molecular weight is 673 g/mol. The van der Waals surface area contributed by atoms with Crippen molar-refractivity contribution in [1.29, 1.82) is 5.26 Å². The van der Waals surface area contributed by atoms with Gasteiger partial charge in [-0.05, 0) is 43.5 Å². The van der Waals surface area contributed by atoms with Gasteiger partial charge in [0.15, 0.2) is 5.82 Å². The molecule has 3 aromatic rings. The van der Waals surface area contributed by atoms with Crippen molar-refractivity contribution in [3.8, 4) is 11.8 Å². The Labute approximate surface area is 272 Å². The average Bonchev–Trinajstić information content (AvgIpc) is 3.60. The molecule has 1 aliphatic rings. The largest absolute Gasteiger partial charge is 0.480 e. The van der Waals surface area contributed by atoms with Gasteiger partial charge in [0.2, 0.25) is 11.5 Å². The Morgan fingerprint density at radius 2 is 1.89 bits per heavy atom. The highest BCUT2D eigenvalue weighted by molar-refractivity contribution is 7.51. The molecular formula is C31H41N6O9P. The molecule has 16 heteroatoms. The van der Waals surface area contributed by atoms with Gasteiger partial charge in [0, 0.05) is 13.0 Å². The number of para-hydroxylation sites is 1. The number of carbonyl (C=O) groups excluding carboxylic acids is 1. The number of anilines is 1. The fourth-order valence-corrected chi connectivity index (χ4v) is 7.38. The van der Waals surface area contributed by atoms with Crippen LogP contribution in [0.15, 0.2) is 48.8 Å². The molecule has 0 spiro atoms. The van der Waals surface area contributed by atoms with Crippen molar-refractivity contribution in [2.45, 2.75) is 83.3 Å². The number of aliphatic hydroxyl groups excluding tert-OH is 2. The molecule has 254 valence electrons. The van der Waals surface area contributed by atoms with Crippen molar-refractivity contribution in [3.05, 3.63) is 54.5 Å². The molecule has 1 aliphatic heterocycles. The summed E-state index contributed by atoms with van der Waals surface area (Å²) in [7, 11) is -4.49. The van der Waals surface area contributed by atoms with E-state index in [4.69, 9.17) is 13.8 Å². The van der Waals surface area contributed by atoms with Crippen LogP contribution >= 0.6 is 7.75 Å². The number of aliphatic carboxylic acids is 1. The molecule has 3 heterocycles. The number of hydrogen-bond acceptors (Lipinski definition) is 11. The minimum atomic E-state index is -4.49. The summed E-state index contributed by atoms with van der Waals surface area (Å²) >= 11 is 0. The summed E-state index contributed by atoms with van der Waals surface area (Å²) in [6.45, 7) is 6.52. The van der Waals surface area contributed by atoms with Gasteiger partial charge in [0.25, 0.3) is 0 Å². The van der Waals surface area contributed by atoms with Crippen LogP contribution in [0.5, 0.6) is 5.75 Å². The van der Waals surface area contributed by atoms with Crippen molar-refractivity contribution in [1.82, 2.24) is 19.3 Å². The molecule has 15 nitrogen and oxygen atoms in total. The molecule has 1 saturated heterocycles. The van der Waals surface area contributed by atoms with E-state index in [0.29, 0.717) is 24.8 Å². The van der Waals surface area contributed by atoms with Crippen molar-refractivity contribution < 1.29 is 43.3 Å². The number of nitriles is 1. The first-order valence-corrected chi connectivity index (χ1v) is 17.0. The van der Waals surface area contributed by atoms with Crippen LogP contribution in [0.25, 0.3) is 5.52 Å². The van der Waals surface area contributed by atoms with Crippen LogP contribution in [0, 0.1) is 17.2 Å². The maximum atomic E-state index is 14.6. The van der Waals surface area contributed by atoms with Crippen molar-refractivity contribution in [3.63, 3.8) is 0 Å². The van der Waals surface area contributed by atoms with E-state index < -0.39 is 50.3 Å². The number of hydrogen-bond donors (Lipinski definition) is 4. The van der Waals surface area contributed by atoms with Crippen LogP contribution in [0.2, 0.25) is 0 Å². The Morgan fingerprint density at radius 3 is 2.51 bits per heavy atom. The Morgan fingerprint density at radius 1 is 1.19 bits per heavy atom. The van der Waals surface area contributed by atoms with Gasteiger partial charge in [0.1, 0.15) is 48.0 Å².